The summed E-state index contributed by atoms with van der Waals surface area (Å²) in [6.45, 7) is 0.768. The van der Waals surface area contributed by atoms with Crippen LogP contribution in [0.3, 0.4) is 0 Å². The van der Waals surface area contributed by atoms with Crippen molar-refractivity contribution in [1.29, 1.82) is 0 Å². The van der Waals surface area contributed by atoms with Crippen LogP contribution >= 0.6 is 0 Å². The quantitative estimate of drug-likeness (QED) is 0.829. The van der Waals surface area contributed by atoms with Gasteiger partial charge in [-0.1, -0.05) is 12.1 Å². The fourth-order valence-corrected chi connectivity index (χ4v) is 2.00. The number of aryl methyl sites for hydroxylation is 2. The zero-order valence-electron chi connectivity index (χ0n) is 9.56. The Hall–Kier alpha value is -1.55. The fourth-order valence-electron chi connectivity index (χ4n) is 2.00. The Balaban J connectivity index is 2.00. The maximum atomic E-state index is 10.5. The van der Waals surface area contributed by atoms with E-state index in [0.29, 0.717) is 6.42 Å². The van der Waals surface area contributed by atoms with Gasteiger partial charge in [0.05, 0.1) is 6.61 Å². The molecule has 0 bridgehead atoms. The first-order chi connectivity index (χ1) is 8.16. The first kappa shape index (κ1) is 11.9. The van der Waals surface area contributed by atoms with Crippen molar-refractivity contribution in [2.75, 3.05) is 6.61 Å². The van der Waals surface area contributed by atoms with Crippen molar-refractivity contribution < 1.29 is 19.7 Å². The Kier molecular flexibility index (Phi) is 3.64. The number of carboxylic acid groups (broad SMARTS) is 1. The van der Waals surface area contributed by atoms with Gasteiger partial charge in [-0.05, 0) is 42.9 Å². The molecule has 1 aromatic carbocycles. The second kappa shape index (κ2) is 5.19. The van der Waals surface area contributed by atoms with Crippen molar-refractivity contribution in [1.82, 2.24) is 0 Å². The molecule has 92 valence electrons. The number of ether oxygens (including phenoxy) is 1. The third-order valence-electron chi connectivity index (χ3n) is 2.96. The van der Waals surface area contributed by atoms with Crippen molar-refractivity contribution in [3.63, 3.8) is 0 Å². The molecule has 1 atom stereocenters. The molecule has 0 saturated carbocycles. The van der Waals surface area contributed by atoms with Crippen molar-refractivity contribution in [3.8, 4) is 5.75 Å². The number of carboxylic acids is 1. The van der Waals surface area contributed by atoms with E-state index >= 15 is 0 Å². The van der Waals surface area contributed by atoms with E-state index in [2.05, 4.69) is 0 Å². The second-order valence-electron chi connectivity index (χ2n) is 4.29. The monoisotopic (exact) mass is 236 g/mol. The number of hydrogen-bond donors (Lipinski definition) is 2. The van der Waals surface area contributed by atoms with E-state index in [9.17, 15) is 9.90 Å². The SMILES string of the molecule is O=C(O)C(O)CCc1ccc2c(c1)CCCO2. The predicted molar refractivity (Wildman–Crippen MR) is 62.2 cm³/mol. The van der Waals surface area contributed by atoms with Crippen molar-refractivity contribution >= 4 is 5.97 Å². The maximum absolute atomic E-state index is 10.5. The summed E-state index contributed by atoms with van der Waals surface area (Å²) in [5, 5.41) is 17.8. The molecule has 4 heteroatoms. The summed E-state index contributed by atoms with van der Waals surface area (Å²) >= 11 is 0. The minimum atomic E-state index is -1.28. The molecule has 1 aliphatic heterocycles. The van der Waals surface area contributed by atoms with Gasteiger partial charge >= 0.3 is 5.97 Å². The number of carbonyl (C=O) groups is 1. The predicted octanol–water partition coefficient (Wildman–Crippen LogP) is 1.39. The molecule has 1 heterocycles. The topological polar surface area (TPSA) is 66.8 Å². The number of rotatable bonds is 4. The van der Waals surface area contributed by atoms with Gasteiger partial charge in [-0.15, -0.1) is 0 Å². The van der Waals surface area contributed by atoms with Crippen LogP contribution in [0.5, 0.6) is 5.75 Å². The van der Waals surface area contributed by atoms with E-state index in [4.69, 9.17) is 9.84 Å². The van der Waals surface area contributed by atoms with Crippen molar-refractivity contribution in [2.24, 2.45) is 0 Å². The molecule has 0 radical (unpaired) electrons. The van der Waals surface area contributed by atoms with E-state index in [0.717, 1.165) is 30.8 Å². The Morgan fingerprint density at radius 2 is 2.29 bits per heavy atom. The Bertz CT molecular complexity index is 414. The lowest BCUT2D eigenvalue weighted by molar-refractivity contribution is -0.146. The molecule has 0 spiro atoms. The van der Waals surface area contributed by atoms with Gasteiger partial charge in [0.1, 0.15) is 5.75 Å². The molecule has 0 amide bonds. The van der Waals surface area contributed by atoms with Crippen molar-refractivity contribution in [2.45, 2.75) is 31.8 Å². The molecule has 0 aromatic heterocycles. The van der Waals surface area contributed by atoms with Gasteiger partial charge in [-0.2, -0.15) is 0 Å². The Morgan fingerprint density at radius 3 is 3.06 bits per heavy atom. The maximum Gasteiger partial charge on any atom is 0.332 e. The van der Waals surface area contributed by atoms with Crippen LogP contribution in [-0.2, 0) is 17.6 Å². The molecular formula is C13H16O4. The van der Waals surface area contributed by atoms with Gasteiger partial charge in [0.2, 0.25) is 0 Å². The third-order valence-corrected chi connectivity index (χ3v) is 2.96. The van der Waals surface area contributed by atoms with E-state index in [1.165, 1.54) is 5.56 Å². The third kappa shape index (κ3) is 2.97. The fraction of sp³-hybridized carbons (Fsp3) is 0.462. The van der Waals surface area contributed by atoms with E-state index < -0.39 is 12.1 Å². The molecule has 4 nitrogen and oxygen atoms in total. The highest BCUT2D eigenvalue weighted by Gasteiger charge is 2.14. The lowest BCUT2D eigenvalue weighted by Crippen LogP contribution is -2.20. The van der Waals surface area contributed by atoms with Gasteiger partial charge in [0.15, 0.2) is 6.10 Å². The lowest BCUT2D eigenvalue weighted by atomic mass is 10.00. The molecule has 2 rings (SSSR count). The molecule has 17 heavy (non-hydrogen) atoms. The largest absolute Gasteiger partial charge is 0.493 e. The zero-order valence-corrected chi connectivity index (χ0v) is 9.56. The highest BCUT2D eigenvalue weighted by molar-refractivity contribution is 5.71. The van der Waals surface area contributed by atoms with Crippen molar-refractivity contribution in [3.05, 3.63) is 29.3 Å². The van der Waals surface area contributed by atoms with Crippen LogP contribution in [0, 0.1) is 0 Å². The van der Waals surface area contributed by atoms with Gasteiger partial charge in [-0.25, -0.2) is 4.79 Å². The van der Waals surface area contributed by atoms with Crippen LogP contribution in [0.1, 0.15) is 24.0 Å². The Morgan fingerprint density at radius 1 is 1.47 bits per heavy atom. The van der Waals surface area contributed by atoms with Crippen LogP contribution < -0.4 is 4.74 Å². The van der Waals surface area contributed by atoms with E-state index in [1.807, 2.05) is 18.2 Å². The number of aliphatic hydroxyl groups is 1. The van der Waals surface area contributed by atoms with Crippen LogP contribution in [0.15, 0.2) is 18.2 Å². The number of aliphatic hydroxyl groups excluding tert-OH is 1. The number of benzene rings is 1. The second-order valence-corrected chi connectivity index (χ2v) is 4.29. The molecule has 2 N–H and O–H groups in total. The first-order valence-electron chi connectivity index (χ1n) is 5.82. The highest BCUT2D eigenvalue weighted by Crippen LogP contribution is 2.26. The Labute approximate surface area is 99.8 Å². The molecular weight excluding hydrogens is 220 g/mol. The first-order valence-corrected chi connectivity index (χ1v) is 5.82. The molecule has 0 fully saturated rings. The van der Waals surface area contributed by atoms with Crippen LogP contribution in [0.2, 0.25) is 0 Å². The average Bonchev–Trinajstić information content (AvgIpc) is 2.35. The summed E-state index contributed by atoms with van der Waals surface area (Å²) in [5.41, 5.74) is 2.23. The average molecular weight is 236 g/mol. The summed E-state index contributed by atoms with van der Waals surface area (Å²) in [7, 11) is 0. The van der Waals surface area contributed by atoms with E-state index in [-0.39, 0.29) is 6.42 Å². The summed E-state index contributed by atoms with van der Waals surface area (Å²) in [4.78, 5) is 10.5. The van der Waals surface area contributed by atoms with Crippen LogP contribution in [0.25, 0.3) is 0 Å². The number of fused-ring (bicyclic) bond motifs is 1. The van der Waals surface area contributed by atoms with Gasteiger partial charge < -0.3 is 14.9 Å². The summed E-state index contributed by atoms with van der Waals surface area (Å²) in [6.07, 6.45) is 1.57. The van der Waals surface area contributed by atoms with Gasteiger partial charge in [0.25, 0.3) is 0 Å². The molecule has 0 saturated heterocycles. The summed E-state index contributed by atoms with van der Waals surface area (Å²) in [6, 6.07) is 5.90. The zero-order chi connectivity index (χ0) is 12.3. The number of aliphatic carboxylic acids is 1. The number of hydrogen-bond acceptors (Lipinski definition) is 3. The van der Waals surface area contributed by atoms with Crippen LogP contribution in [-0.4, -0.2) is 28.9 Å². The van der Waals surface area contributed by atoms with Gasteiger partial charge in [0, 0.05) is 0 Å². The lowest BCUT2D eigenvalue weighted by Gasteiger charge is -2.18. The highest BCUT2D eigenvalue weighted by atomic mass is 16.5. The normalized spacial score (nSPS) is 15.8. The summed E-state index contributed by atoms with van der Waals surface area (Å²) in [5.74, 6) is -0.231. The molecule has 1 aliphatic rings. The summed E-state index contributed by atoms with van der Waals surface area (Å²) < 4.78 is 5.50. The van der Waals surface area contributed by atoms with Gasteiger partial charge in [-0.3, -0.25) is 0 Å². The molecule has 1 unspecified atom stereocenters. The standard InChI is InChI=1S/C13H16O4/c14-11(13(15)16)5-3-9-4-6-12-10(8-9)2-1-7-17-12/h4,6,8,11,14H,1-3,5,7H2,(H,15,16). The minimum absolute atomic E-state index is 0.245. The minimum Gasteiger partial charge on any atom is -0.493 e. The van der Waals surface area contributed by atoms with Crippen LogP contribution in [0.4, 0.5) is 0 Å². The molecule has 0 aliphatic carbocycles. The smallest absolute Gasteiger partial charge is 0.332 e. The molecule has 1 aromatic rings. The van der Waals surface area contributed by atoms with E-state index in [1.54, 1.807) is 0 Å².